The summed E-state index contributed by atoms with van der Waals surface area (Å²) in [6.07, 6.45) is 3.60. The van der Waals surface area contributed by atoms with Crippen LogP contribution in [0.5, 0.6) is 0 Å². The Kier molecular flexibility index (Phi) is 4.35. The van der Waals surface area contributed by atoms with E-state index in [1.807, 2.05) is 0 Å². The predicted octanol–water partition coefficient (Wildman–Crippen LogP) is 0.794. The SMILES string of the molecule is CC(C)NC1CCC(N(C)C)CC1N. The minimum atomic E-state index is 0.318. The topological polar surface area (TPSA) is 41.3 Å². The second kappa shape index (κ2) is 5.10. The van der Waals surface area contributed by atoms with E-state index in [9.17, 15) is 0 Å². The van der Waals surface area contributed by atoms with Gasteiger partial charge in [0.25, 0.3) is 0 Å². The molecule has 14 heavy (non-hydrogen) atoms. The first kappa shape index (κ1) is 12.0. The Morgan fingerprint density at radius 3 is 2.36 bits per heavy atom. The van der Waals surface area contributed by atoms with Gasteiger partial charge in [-0.2, -0.15) is 0 Å². The van der Waals surface area contributed by atoms with Crippen molar-refractivity contribution in [2.75, 3.05) is 14.1 Å². The van der Waals surface area contributed by atoms with Crippen LogP contribution in [0.2, 0.25) is 0 Å². The van der Waals surface area contributed by atoms with Crippen LogP contribution >= 0.6 is 0 Å². The quantitative estimate of drug-likeness (QED) is 0.706. The number of hydrogen-bond donors (Lipinski definition) is 2. The Hall–Kier alpha value is -0.120. The van der Waals surface area contributed by atoms with Crippen molar-refractivity contribution in [2.24, 2.45) is 5.73 Å². The first-order valence-corrected chi connectivity index (χ1v) is 5.68. The van der Waals surface area contributed by atoms with Crippen molar-refractivity contribution in [3.63, 3.8) is 0 Å². The summed E-state index contributed by atoms with van der Waals surface area (Å²) in [4.78, 5) is 2.30. The Bertz CT molecular complexity index is 168. The van der Waals surface area contributed by atoms with Gasteiger partial charge in [0.2, 0.25) is 0 Å². The van der Waals surface area contributed by atoms with Crippen LogP contribution in [0.15, 0.2) is 0 Å². The molecular formula is C11H25N3. The van der Waals surface area contributed by atoms with Gasteiger partial charge in [-0.25, -0.2) is 0 Å². The van der Waals surface area contributed by atoms with Crippen molar-refractivity contribution >= 4 is 0 Å². The molecule has 0 amide bonds. The molecule has 1 aliphatic rings. The van der Waals surface area contributed by atoms with Gasteiger partial charge < -0.3 is 16.0 Å². The van der Waals surface area contributed by atoms with Gasteiger partial charge in [0.15, 0.2) is 0 Å². The minimum Gasteiger partial charge on any atom is -0.326 e. The maximum Gasteiger partial charge on any atom is 0.0222 e. The first-order valence-electron chi connectivity index (χ1n) is 5.68. The fourth-order valence-electron chi connectivity index (χ4n) is 2.29. The Morgan fingerprint density at radius 2 is 1.93 bits per heavy atom. The fourth-order valence-corrected chi connectivity index (χ4v) is 2.29. The minimum absolute atomic E-state index is 0.318. The largest absolute Gasteiger partial charge is 0.326 e. The zero-order valence-electron chi connectivity index (χ0n) is 9.96. The van der Waals surface area contributed by atoms with E-state index in [0.717, 1.165) is 6.42 Å². The van der Waals surface area contributed by atoms with Crippen LogP contribution in [0.25, 0.3) is 0 Å². The standard InChI is InChI=1S/C11H25N3/c1-8(2)13-11-6-5-9(14(3)4)7-10(11)12/h8-11,13H,5-7,12H2,1-4H3. The van der Waals surface area contributed by atoms with Crippen LogP contribution in [0.4, 0.5) is 0 Å². The van der Waals surface area contributed by atoms with Crippen LogP contribution in [0.1, 0.15) is 33.1 Å². The van der Waals surface area contributed by atoms with E-state index in [1.165, 1.54) is 12.8 Å². The van der Waals surface area contributed by atoms with Crippen LogP contribution in [-0.4, -0.2) is 43.2 Å². The van der Waals surface area contributed by atoms with E-state index >= 15 is 0 Å². The summed E-state index contributed by atoms with van der Waals surface area (Å²) in [7, 11) is 4.29. The van der Waals surface area contributed by atoms with Gasteiger partial charge >= 0.3 is 0 Å². The Balaban J connectivity index is 2.39. The van der Waals surface area contributed by atoms with Crippen molar-refractivity contribution in [1.82, 2.24) is 10.2 Å². The third kappa shape index (κ3) is 3.23. The predicted molar refractivity (Wildman–Crippen MR) is 61.4 cm³/mol. The smallest absolute Gasteiger partial charge is 0.0222 e. The number of hydrogen-bond acceptors (Lipinski definition) is 3. The molecule has 0 saturated heterocycles. The van der Waals surface area contributed by atoms with E-state index < -0.39 is 0 Å². The van der Waals surface area contributed by atoms with Crippen LogP contribution in [0.3, 0.4) is 0 Å². The monoisotopic (exact) mass is 199 g/mol. The van der Waals surface area contributed by atoms with E-state index in [0.29, 0.717) is 24.2 Å². The molecule has 3 heteroatoms. The molecule has 84 valence electrons. The molecule has 1 fully saturated rings. The summed E-state index contributed by atoms with van der Waals surface area (Å²) in [5, 5.41) is 3.55. The summed E-state index contributed by atoms with van der Waals surface area (Å²) >= 11 is 0. The molecular weight excluding hydrogens is 174 g/mol. The van der Waals surface area contributed by atoms with Crippen molar-refractivity contribution in [1.29, 1.82) is 0 Å². The maximum atomic E-state index is 6.17. The van der Waals surface area contributed by atoms with E-state index in [2.05, 4.69) is 38.2 Å². The second-order valence-corrected chi connectivity index (χ2v) is 5.02. The lowest BCUT2D eigenvalue weighted by Gasteiger charge is -2.38. The molecule has 0 heterocycles. The number of nitrogens with one attached hydrogen (secondary N) is 1. The Morgan fingerprint density at radius 1 is 1.29 bits per heavy atom. The Labute approximate surface area is 88.0 Å². The molecule has 1 aliphatic carbocycles. The lowest BCUT2D eigenvalue weighted by atomic mass is 9.86. The third-order valence-corrected chi connectivity index (χ3v) is 3.15. The highest BCUT2D eigenvalue weighted by Crippen LogP contribution is 2.21. The van der Waals surface area contributed by atoms with Crippen molar-refractivity contribution < 1.29 is 0 Å². The number of nitrogens with zero attached hydrogens (tertiary/aromatic N) is 1. The van der Waals surface area contributed by atoms with Gasteiger partial charge in [-0.05, 0) is 33.4 Å². The lowest BCUT2D eigenvalue weighted by molar-refractivity contribution is 0.182. The maximum absolute atomic E-state index is 6.17. The van der Waals surface area contributed by atoms with Crippen molar-refractivity contribution in [3.05, 3.63) is 0 Å². The molecule has 0 radical (unpaired) electrons. The molecule has 0 aromatic carbocycles. The highest BCUT2D eigenvalue weighted by molar-refractivity contribution is 4.90. The summed E-state index contributed by atoms with van der Waals surface area (Å²) in [6, 6.07) is 2.06. The van der Waals surface area contributed by atoms with Gasteiger partial charge in [-0.15, -0.1) is 0 Å². The molecule has 0 bridgehead atoms. The van der Waals surface area contributed by atoms with Crippen molar-refractivity contribution in [2.45, 2.75) is 57.3 Å². The average Bonchev–Trinajstić information content (AvgIpc) is 2.07. The third-order valence-electron chi connectivity index (χ3n) is 3.15. The molecule has 0 aromatic heterocycles. The summed E-state index contributed by atoms with van der Waals surface area (Å²) in [5.41, 5.74) is 6.17. The summed E-state index contributed by atoms with van der Waals surface area (Å²) in [6.45, 7) is 4.37. The zero-order valence-corrected chi connectivity index (χ0v) is 9.96. The molecule has 1 rings (SSSR count). The molecule has 1 saturated carbocycles. The van der Waals surface area contributed by atoms with Gasteiger partial charge in [0, 0.05) is 24.2 Å². The van der Waals surface area contributed by atoms with Gasteiger partial charge in [-0.3, -0.25) is 0 Å². The molecule has 0 aliphatic heterocycles. The van der Waals surface area contributed by atoms with E-state index in [4.69, 9.17) is 5.73 Å². The zero-order chi connectivity index (χ0) is 10.7. The molecule has 0 spiro atoms. The first-order chi connectivity index (χ1) is 6.50. The van der Waals surface area contributed by atoms with E-state index in [1.54, 1.807) is 0 Å². The number of nitrogens with two attached hydrogens (primary N) is 1. The van der Waals surface area contributed by atoms with Crippen LogP contribution in [-0.2, 0) is 0 Å². The van der Waals surface area contributed by atoms with Gasteiger partial charge in [-0.1, -0.05) is 13.8 Å². The van der Waals surface area contributed by atoms with Crippen LogP contribution in [0, 0.1) is 0 Å². The summed E-state index contributed by atoms with van der Waals surface area (Å²) in [5.74, 6) is 0. The fraction of sp³-hybridized carbons (Fsp3) is 1.00. The lowest BCUT2D eigenvalue weighted by Crippen LogP contribution is -2.54. The number of rotatable bonds is 3. The van der Waals surface area contributed by atoms with Crippen LogP contribution < -0.4 is 11.1 Å². The molecule has 3 nitrogen and oxygen atoms in total. The normalized spacial score (nSPS) is 34.1. The van der Waals surface area contributed by atoms with E-state index in [-0.39, 0.29) is 0 Å². The molecule has 3 N–H and O–H groups in total. The van der Waals surface area contributed by atoms with Gasteiger partial charge in [0.1, 0.15) is 0 Å². The summed E-state index contributed by atoms with van der Waals surface area (Å²) < 4.78 is 0. The van der Waals surface area contributed by atoms with Crippen molar-refractivity contribution in [3.8, 4) is 0 Å². The second-order valence-electron chi connectivity index (χ2n) is 5.02. The van der Waals surface area contributed by atoms with Gasteiger partial charge in [0.05, 0.1) is 0 Å². The molecule has 3 unspecified atom stereocenters. The molecule has 3 atom stereocenters. The highest BCUT2D eigenvalue weighted by atomic mass is 15.1. The highest BCUT2D eigenvalue weighted by Gasteiger charge is 2.28. The average molecular weight is 199 g/mol. The molecule has 0 aromatic rings.